The number of ketones is 1. The lowest BCUT2D eigenvalue weighted by molar-refractivity contribution is -0.636. The van der Waals surface area contributed by atoms with Crippen LogP contribution in [0.25, 0.3) is 0 Å². The van der Waals surface area contributed by atoms with Gasteiger partial charge in [0.05, 0.1) is 0 Å². The van der Waals surface area contributed by atoms with Gasteiger partial charge in [-0.1, -0.05) is 65.0 Å². The zero-order chi connectivity index (χ0) is 35.4. The number of nitrogens with zero attached hydrogens (tertiary/aromatic N) is 2. The number of nitrogens with one attached hydrogen (secondary N) is 1. The van der Waals surface area contributed by atoms with Crippen molar-refractivity contribution in [1.29, 1.82) is 0 Å². The standard InChI is InChI=1S/C41H53N3O5S/c1-20(2)15-25(16-23-11-9-8-10-12-23)42-37(47)27-19-50-38(43-27)29(49-22(5)45)18-28(21(3)4)44(7)39(48)26(24-13-14-24)17-30(46)41-34-31-35(41)33-36(41)32(34)40(31,33)6/h8-12,19-21,24-26,28-29,31-36H,13-18H2,1-7H3,(H,42,47). The maximum Gasteiger partial charge on any atom is 0.303 e. The maximum atomic E-state index is 14.3. The van der Waals surface area contributed by atoms with E-state index in [1.807, 2.05) is 30.1 Å². The zero-order valence-corrected chi connectivity index (χ0v) is 31.4. The molecule has 1 N–H and O–H groups in total. The van der Waals surface area contributed by atoms with Crippen molar-refractivity contribution in [3.8, 4) is 0 Å². The highest BCUT2D eigenvalue weighted by molar-refractivity contribution is 7.09. The van der Waals surface area contributed by atoms with Crippen molar-refractivity contribution in [3.05, 3.63) is 52.0 Å². The summed E-state index contributed by atoms with van der Waals surface area (Å²) in [6.07, 6.45) is 3.61. The first kappa shape index (κ1) is 34.0. The average molecular weight is 700 g/mol. The molecule has 1 aromatic carbocycles. The summed E-state index contributed by atoms with van der Waals surface area (Å²) in [4.78, 5) is 60.7. The molecule has 7 saturated carbocycles. The van der Waals surface area contributed by atoms with E-state index < -0.39 is 12.1 Å². The third-order valence-electron chi connectivity index (χ3n) is 14.4. The summed E-state index contributed by atoms with van der Waals surface area (Å²) in [5.74, 6) is 4.46. The fraction of sp³-hybridized carbons (Fsp3) is 0.683. The van der Waals surface area contributed by atoms with E-state index in [1.54, 1.807) is 5.38 Å². The van der Waals surface area contributed by atoms with Gasteiger partial charge in [-0.15, -0.1) is 11.3 Å². The monoisotopic (exact) mass is 699 g/mol. The number of amides is 2. The van der Waals surface area contributed by atoms with Crippen LogP contribution in [-0.2, 0) is 25.5 Å². The van der Waals surface area contributed by atoms with E-state index >= 15 is 0 Å². The van der Waals surface area contributed by atoms with E-state index in [-0.39, 0.29) is 47.1 Å². The van der Waals surface area contributed by atoms with E-state index in [1.165, 1.54) is 18.3 Å². The molecule has 8 nitrogen and oxygen atoms in total. The summed E-state index contributed by atoms with van der Waals surface area (Å²) in [6.45, 7) is 12.3. The molecular weight excluding hydrogens is 647 g/mol. The molecule has 7 aliphatic carbocycles. The van der Waals surface area contributed by atoms with Gasteiger partial charge in [-0.2, -0.15) is 0 Å². The highest BCUT2D eigenvalue weighted by atomic mass is 32.1. The van der Waals surface area contributed by atoms with Crippen LogP contribution in [0.5, 0.6) is 0 Å². The maximum absolute atomic E-state index is 14.3. The van der Waals surface area contributed by atoms with E-state index in [2.05, 4.69) is 52.1 Å². The number of thiazole rings is 1. The molecule has 7 fully saturated rings. The van der Waals surface area contributed by atoms with Gasteiger partial charge in [-0.3, -0.25) is 19.2 Å². The number of esters is 1. The third kappa shape index (κ3) is 4.76. The molecule has 0 saturated heterocycles. The number of Topliss-reactive ketones (excluding diaryl/α,β-unsaturated/α-hetero) is 1. The Morgan fingerprint density at radius 2 is 1.62 bits per heavy atom. The molecule has 7 aliphatic rings. The van der Waals surface area contributed by atoms with Crippen molar-refractivity contribution in [1.82, 2.24) is 15.2 Å². The summed E-state index contributed by atoms with van der Waals surface area (Å²) in [5, 5.41) is 5.47. The molecule has 9 heteroatoms. The Morgan fingerprint density at radius 3 is 2.18 bits per heavy atom. The molecule has 0 radical (unpaired) electrons. The van der Waals surface area contributed by atoms with E-state index in [9.17, 15) is 19.2 Å². The van der Waals surface area contributed by atoms with Crippen LogP contribution in [0.4, 0.5) is 0 Å². The lowest BCUT2D eigenvalue weighted by atomic mass is 8.92. The molecule has 1 heterocycles. The summed E-state index contributed by atoms with van der Waals surface area (Å²) >= 11 is 1.31. The smallest absolute Gasteiger partial charge is 0.303 e. The SMILES string of the molecule is CC(=O)OC(CC(C(C)C)N(C)C(=O)C(CC(=O)C12C3C4C1C1C2C3C41C)C1CC1)c1nc(C(=O)NC(Cc2ccccc2)CC(C)C)cs1. The largest absolute Gasteiger partial charge is 0.455 e. The van der Waals surface area contributed by atoms with Gasteiger partial charge in [0.1, 0.15) is 16.5 Å². The minimum absolute atomic E-state index is 0.0406. The summed E-state index contributed by atoms with van der Waals surface area (Å²) in [5.41, 5.74) is 1.97. The molecule has 268 valence electrons. The van der Waals surface area contributed by atoms with Crippen molar-refractivity contribution >= 4 is 34.9 Å². The van der Waals surface area contributed by atoms with Crippen LogP contribution in [0.15, 0.2) is 35.7 Å². The summed E-state index contributed by atoms with van der Waals surface area (Å²) < 4.78 is 5.85. The Labute approximate surface area is 300 Å². The van der Waals surface area contributed by atoms with E-state index in [4.69, 9.17) is 9.72 Å². The Kier molecular flexibility index (Phi) is 8.16. The number of hydrogen-bond acceptors (Lipinski definition) is 7. The van der Waals surface area contributed by atoms with Crippen LogP contribution in [0, 0.1) is 70.0 Å². The van der Waals surface area contributed by atoms with Crippen molar-refractivity contribution in [3.63, 3.8) is 0 Å². The summed E-state index contributed by atoms with van der Waals surface area (Å²) in [6, 6.07) is 9.87. The number of carbonyl (C=O) groups excluding carboxylic acids is 4. The molecule has 4 atom stereocenters. The minimum Gasteiger partial charge on any atom is -0.455 e. The number of rotatable bonds is 17. The van der Waals surface area contributed by atoms with Crippen LogP contribution >= 0.6 is 11.3 Å². The first-order valence-electron chi connectivity index (χ1n) is 19.1. The van der Waals surface area contributed by atoms with Crippen LogP contribution in [0.1, 0.15) is 101 Å². The number of hydrogen-bond donors (Lipinski definition) is 1. The number of ether oxygens (including phenoxy) is 1. The average Bonchev–Trinajstić information content (AvgIpc) is 3.79. The summed E-state index contributed by atoms with van der Waals surface area (Å²) in [7, 11) is 1.85. The Bertz CT molecular complexity index is 1640. The van der Waals surface area contributed by atoms with Crippen LogP contribution in [0.2, 0.25) is 0 Å². The van der Waals surface area contributed by atoms with Crippen molar-refractivity contribution < 1.29 is 23.9 Å². The molecule has 1 aromatic heterocycles. The van der Waals surface area contributed by atoms with Gasteiger partial charge in [0.2, 0.25) is 5.91 Å². The lowest BCUT2D eigenvalue weighted by Gasteiger charge is -3.11. The van der Waals surface area contributed by atoms with Crippen molar-refractivity contribution in [2.24, 2.45) is 70.0 Å². The lowest BCUT2D eigenvalue weighted by Crippen LogP contribution is -3.10. The predicted octanol–water partition coefficient (Wildman–Crippen LogP) is 6.75. The molecular formula is C41H53N3O5S. The second kappa shape index (κ2) is 12.0. The molecule has 2 amide bonds. The highest BCUT2D eigenvalue weighted by Crippen LogP contribution is 3.10. The molecule has 0 aliphatic heterocycles. The Balaban J connectivity index is 0.939. The van der Waals surface area contributed by atoms with Crippen LogP contribution in [0.3, 0.4) is 0 Å². The van der Waals surface area contributed by atoms with Crippen molar-refractivity contribution in [2.75, 3.05) is 7.05 Å². The number of carbonyl (C=O) groups is 4. The Hall–Kier alpha value is -3.07. The molecule has 2 aromatic rings. The normalized spacial score (nSPS) is 34.1. The second-order valence-corrected chi connectivity index (χ2v) is 18.6. The molecule has 0 spiro atoms. The van der Waals surface area contributed by atoms with E-state index in [0.29, 0.717) is 58.4 Å². The zero-order valence-electron chi connectivity index (χ0n) is 30.6. The van der Waals surface area contributed by atoms with Crippen molar-refractivity contribution in [2.45, 2.75) is 98.3 Å². The minimum atomic E-state index is -0.703. The molecule has 0 bridgehead atoms. The van der Waals surface area contributed by atoms with Gasteiger partial charge < -0.3 is 15.0 Å². The number of aromatic nitrogens is 1. The van der Waals surface area contributed by atoms with Gasteiger partial charge in [0, 0.05) is 55.6 Å². The van der Waals surface area contributed by atoms with Crippen LogP contribution in [-0.4, -0.2) is 52.6 Å². The van der Waals surface area contributed by atoms with Crippen LogP contribution < -0.4 is 5.32 Å². The highest BCUT2D eigenvalue weighted by Gasteiger charge is 3.09. The van der Waals surface area contributed by atoms with Gasteiger partial charge in [0.15, 0.2) is 6.10 Å². The molecule has 9 rings (SSSR count). The first-order chi connectivity index (χ1) is 23.8. The van der Waals surface area contributed by atoms with E-state index in [0.717, 1.165) is 49.0 Å². The topological polar surface area (TPSA) is 106 Å². The predicted molar refractivity (Wildman–Crippen MR) is 191 cm³/mol. The number of benzene rings is 1. The molecule has 4 unspecified atom stereocenters. The van der Waals surface area contributed by atoms with Gasteiger partial charge in [-0.25, -0.2) is 4.98 Å². The second-order valence-electron chi connectivity index (χ2n) is 17.7. The molecule has 50 heavy (non-hydrogen) atoms. The Morgan fingerprint density at radius 1 is 0.980 bits per heavy atom. The fourth-order valence-corrected chi connectivity index (χ4v) is 13.2. The first-order valence-corrected chi connectivity index (χ1v) is 19.9. The quantitative estimate of drug-likeness (QED) is 0.183. The fourth-order valence-electron chi connectivity index (χ4n) is 12.3. The van der Waals surface area contributed by atoms with Gasteiger partial charge >= 0.3 is 5.97 Å². The van der Waals surface area contributed by atoms with Gasteiger partial charge in [-0.05, 0) is 89.9 Å². The van der Waals surface area contributed by atoms with Gasteiger partial charge in [0.25, 0.3) is 5.91 Å². The third-order valence-corrected chi connectivity index (χ3v) is 15.3.